The van der Waals surface area contributed by atoms with E-state index in [1.807, 2.05) is 7.05 Å². The van der Waals surface area contributed by atoms with Crippen molar-refractivity contribution in [1.29, 1.82) is 0 Å². The third kappa shape index (κ3) is 2.35. The maximum atomic E-state index is 11.8. The fraction of sp³-hybridized carbons (Fsp3) is 0.588. The molecule has 1 aromatic rings. The SMILES string of the molecule is CCCNC(c1ccc2c(c1)CC(=O)N2C)C1CC1C. The van der Waals surface area contributed by atoms with Gasteiger partial charge < -0.3 is 10.2 Å². The van der Waals surface area contributed by atoms with Crippen molar-refractivity contribution in [1.82, 2.24) is 5.32 Å². The first-order chi connectivity index (χ1) is 9.61. The Labute approximate surface area is 121 Å². The lowest BCUT2D eigenvalue weighted by atomic mass is 9.98. The number of nitrogens with zero attached hydrogens (tertiary/aromatic N) is 1. The van der Waals surface area contributed by atoms with Crippen LogP contribution in [-0.4, -0.2) is 19.5 Å². The molecule has 20 heavy (non-hydrogen) atoms. The molecule has 1 heterocycles. The van der Waals surface area contributed by atoms with Crippen LogP contribution in [0.5, 0.6) is 0 Å². The Morgan fingerprint density at radius 2 is 2.20 bits per heavy atom. The van der Waals surface area contributed by atoms with Gasteiger partial charge in [-0.3, -0.25) is 4.79 Å². The summed E-state index contributed by atoms with van der Waals surface area (Å²) in [5.41, 5.74) is 3.62. The van der Waals surface area contributed by atoms with Gasteiger partial charge in [-0.15, -0.1) is 0 Å². The monoisotopic (exact) mass is 272 g/mol. The van der Waals surface area contributed by atoms with Crippen LogP contribution in [-0.2, 0) is 11.2 Å². The lowest BCUT2D eigenvalue weighted by Crippen LogP contribution is -2.24. The number of likely N-dealkylation sites (N-methyl/N-ethyl adjacent to an activating group) is 1. The number of nitrogens with one attached hydrogen (secondary N) is 1. The highest BCUT2D eigenvalue weighted by molar-refractivity contribution is 6.00. The van der Waals surface area contributed by atoms with Crippen LogP contribution in [0, 0.1) is 11.8 Å². The molecule has 0 radical (unpaired) electrons. The molecule has 1 fully saturated rings. The molecule has 0 saturated heterocycles. The van der Waals surface area contributed by atoms with Crippen LogP contribution < -0.4 is 10.2 Å². The van der Waals surface area contributed by atoms with E-state index in [2.05, 4.69) is 37.4 Å². The van der Waals surface area contributed by atoms with Crippen LogP contribution in [0.3, 0.4) is 0 Å². The maximum absolute atomic E-state index is 11.8. The molecular formula is C17H24N2O. The van der Waals surface area contributed by atoms with Crippen LogP contribution in [0.2, 0.25) is 0 Å². The topological polar surface area (TPSA) is 32.3 Å². The average Bonchev–Trinajstić information content (AvgIpc) is 3.08. The maximum Gasteiger partial charge on any atom is 0.231 e. The second-order valence-electron chi connectivity index (χ2n) is 6.33. The summed E-state index contributed by atoms with van der Waals surface area (Å²) in [4.78, 5) is 13.6. The van der Waals surface area contributed by atoms with Crippen molar-refractivity contribution in [2.45, 2.75) is 39.2 Å². The Balaban J connectivity index is 1.85. The first-order valence-electron chi connectivity index (χ1n) is 7.74. The number of carbonyl (C=O) groups is 1. The summed E-state index contributed by atoms with van der Waals surface area (Å²) >= 11 is 0. The highest BCUT2D eigenvalue weighted by Crippen LogP contribution is 2.47. The average molecular weight is 272 g/mol. The molecule has 3 rings (SSSR count). The van der Waals surface area contributed by atoms with Crippen LogP contribution in [0.25, 0.3) is 0 Å². The van der Waals surface area contributed by atoms with Crippen molar-refractivity contribution in [3.8, 4) is 0 Å². The van der Waals surface area contributed by atoms with E-state index in [0.29, 0.717) is 12.5 Å². The standard InChI is InChI=1S/C17H24N2O/c1-4-7-18-17(14-8-11(14)2)12-5-6-15-13(9-12)10-16(20)19(15)3/h5-6,9,11,14,17-18H,4,7-8,10H2,1-3H3. The van der Waals surface area contributed by atoms with Gasteiger partial charge in [0.1, 0.15) is 0 Å². The lowest BCUT2D eigenvalue weighted by Gasteiger charge is -2.20. The molecule has 1 saturated carbocycles. The molecule has 0 spiro atoms. The highest BCUT2D eigenvalue weighted by atomic mass is 16.2. The molecule has 1 aliphatic carbocycles. The van der Waals surface area contributed by atoms with E-state index in [9.17, 15) is 4.79 Å². The number of hydrogen-bond donors (Lipinski definition) is 1. The zero-order valence-corrected chi connectivity index (χ0v) is 12.6. The van der Waals surface area contributed by atoms with Gasteiger partial charge in [0, 0.05) is 18.8 Å². The smallest absolute Gasteiger partial charge is 0.231 e. The van der Waals surface area contributed by atoms with Gasteiger partial charge in [0.05, 0.1) is 6.42 Å². The molecule has 3 atom stereocenters. The summed E-state index contributed by atoms with van der Waals surface area (Å²) in [5.74, 6) is 1.78. The Morgan fingerprint density at radius 1 is 1.45 bits per heavy atom. The molecule has 1 aromatic carbocycles. The summed E-state index contributed by atoms with van der Waals surface area (Å²) in [6.07, 6.45) is 3.03. The molecule has 3 unspecified atom stereocenters. The minimum absolute atomic E-state index is 0.204. The zero-order chi connectivity index (χ0) is 14.3. The van der Waals surface area contributed by atoms with Gasteiger partial charge in [-0.1, -0.05) is 26.0 Å². The van der Waals surface area contributed by atoms with Crippen LogP contribution in [0.4, 0.5) is 5.69 Å². The Kier molecular flexibility index (Phi) is 3.55. The van der Waals surface area contributed by atoms with Crippen molar-refractivity contribution < 1.29 is 4.79 Å². The Morgan fingerprint density at radius 3 is 2.85 bits per heavy atom. The molecule has 1 N–H and O–H groups in total. The van der Waals surface area contributed by atoms with Crippen molar-refractivity contribution in [3.05, 3.63) is 29.3 Å². The number of fused-ring (bicyclic) bond motifs is 1. The Hall–Kier alpha value is -1.35. The molecule has 1 amide bonds. The number of hydrogen-bond acceptors (Lipinski definition) is 2. The van der Waals surface area contributed by atoms with E-state index in [0.717, 1.165) is 30.5 Å². The van der Waals surface area contributed by atoms with Crippen LogP contribution >= 0.6 is 0 Å². The molecule has 0 bridgehead atoms. The van der Waals surface area contributed by atoms with Gasteiger partial charge in [0.2, 0.25) is 5.91 Å². The fourth-order valence-corrected chi connectivity index (χ4v) is 3.32. The van der Waals surface area contributed by atoms with Gasteiger partial charge in [0.25, 0.3) is 0 Å². The molecule has 3 heteroatoms. The number of rotatable bonds is 5. The second kappa shape index (κ2) is 5.21. The number of carbonyl (C=O) groups excluding carboxylic acids is 1. The molecular weight excluding hydrogens is 248 g/mol. The van der Waals surface area contributed by atoms with Crippen LogP contribution in [0.1, 0.15) is 43.9 Å². The summed E-state index contributed by atoms with van der Waals surface area (Å²) in [7, 11) is 1.86. The van der Waals surface area contributed by atoms with E-state index in [4.69, 9.17) is 0 Å². The van der Waals surface area contributed by atoms with E-state index >= 15 is 0 Å². The van der Waals surface area contributed by atoms with Crippen LogP contribution in [0.15, 0.2) is 18.2 Å². The van der Waals surface area contributed by atoms with Gasteiger partial charge in [-0.2, -0.15) is 0 Å². The predicted octanol–water partition coefficient (Wildman–Crippen LogP) is 2.90. The van der Waals surface area contributed by atoms with E-state index in [-0.39, 0.29) is 5.91 Å². The minimum atomic E-state index is 0.204. The van der Waals surface area contributed by atoms with Crippen molar-refractivity contribution in [2.24, 2.45) is 11.8 Å². The molecule has 3 nitrogen and oxygen atoms in total. The summed E-state index contributed by atoms with van der Waals surface area (Å²) in [5, 5.41) is 3.69. The third-order valence-electron chi connectivity index (χ3n) is 4.75. The summed E-state index contributed by atoms with van der Waals surface area (Å²) in [6, 6.07) is 7.02. The molecule has 0 aromatic heterocycles. The second-order valence-corrected chi connectivity index (χ2v) is 6.33. The highest BCUT2D eigenvalue weighted by Gasteiger charge is 2.40. The quantitative estimate of drug-likeness (QED) is 0.894. The zero-order valence-electron chi connectivity index (χ0n) is 12.6. The predicted molar refractivity (Wildman–Crippen MR) is 81.9 cm³/mol. The number of amides is 1. The summed E-state index contributed by atoms with van der Waals surface area (Å²) < 4.78 is 0. The lowest BCUT2D eigenvalue weighted by molar-refractivity contribution is -0.117. The van der Waals surface area contributed by atoms with Crippen molar-refractivity contribution >= 4 is 11.6 Å². The van der Waals surface area contributed by atoms with Gasteiger partial charge in [-0.05, 0) is 48.4 Å². The first-order valence-corrected chi connectivity index (χ1v) is 7.74. The molecule has 1 aliphatic heterocycles. The number of benzene rings is 1. The Bertz CT molecular complexity index is 526. The third-order valence-corrected chi connectivity index (χ3v) is 4.75. The largest absolute Gasteiger partial charge is 0.315 e. The molecule has 108 valence electrons. The number of anilines is 1. The van der Waals surface area contributed by atoms with E-state index in [1.54, 1.807) is 4.90 Å². The normalized spacial score (nSPS) is 25.8. The van der Waals surface area contributed by atoms with Crippen molar-refractivity contribution in [2.75, 3.05) is 18.5 Å². The first kappa shape index (κ1) is 13.6. The fourth-order valence-electron chi connectivity index (χ4n) is 3.32. The van der Waals surface area contributed by atoms with Gasteiger partial charge in [0.15, 0.2) is 0 Å². The van der Waals surface area contributed by atoms with Gasteiger partial charge in [-0.25, -0.2) is 0 Å². The minimum Gasteiger partial charge on any atom is -0.315 e. The molecule has 2 aliphatic rings. The van der Waals surface area contributed by atoms with Gasteiger partial charge >= 0.3 is 0 Å². The van der Waals surface area contributed by atoms with E-state index in [1.165, 1.54) is 17.5 Å². The van der Waals surface area contributed by atoms with E-state index < -0.39 is 0 Å². The van der Waals surface area contributed by atoms with Crippen molar-refractivity contribution in [3.63, 3.8) is 0 Å². The summed E-state index contributed by atoms with van der Waals surface area (Å²) in [6.45, 7) is 5.59.